The molecule has 0 aliphatic carbocycles. The molecule has 0 spiro atoms. The third kappa shape index (κ3) is 2.93. The lowest BCUT2D eigenvalue weighted by Gasteiger charge is -2.44. The Hall–Kier alpha value is -1.62. The van der Waals surface area contributed by atoms with Crippen LogP contribution in [0.4, 0.5) is 10.1 Å². The Morgan fingerprint density at radius 1 is 1.45 bits per heavy atom. The van der Waals surface area contributed by atoms with Crippen LogP contribution in [0.25, 0.3) is 0 Å². The number of carbonyl (C=O) groups is 1. The lowest BCUT2D eigenvalue weighted by atomic mass is 9.79. The predicted octanol–water partition coefficient (Wildman–Crippen LogP) is 3.04. The number of ether oxygens (including phenoxy) is 1. The van der Waals surface area contributed by atoms with Crippen LogP contribution < -0.4 is 5.32 Å². The molecule has 1 saturated heterocycles. The van der Waals surface area contributed by atoms with Gasteiger partial charge in [0.15, 0.2) is 0 Å². The van der Waals surface area contributed by atoms with Crippen LogP contribution in [0.5, 0.6) is 0 Å². The predicted molar refractivity (Wildman–Crippen MR) is 74.3 cm³/mol. The van der Waals surface area contributed by atoms with Gasteiger partial charge in [-0.25, -0.2) is 9.18 Å². The molecule has 0 bridgehead atoms. The van der Waals surface area contributed by atoms with Crippen molar-refractivity contribution in [3.63, 3.8) is 0 Å². The minimum atomic E-state index is -1.07. The second-order valence-corrected chi connectivity index (χ2v) is 5.60. The van der Waals surface area contributed by atoms with Gasteiger partial charge in [0.25, 0.3) is 0 Å². The van der Waals surface area contributed by atoms with Crippen molar-refractivity contribution in [2.24, 2.45) is 0 Å². The third-order valence-electron chi connectivity index (χ3n) is 4.04. The van der Waals surface area contributed by atoms with Crippen LogP contribution in [0.15, 0.2) is 24.3 Å². The van der Waals surface area contributed by atoms with Gasteiger partial charge in [0.2, 0.25) is 0 Å². The van der Waals surface area contributed by atoms with Crippen LogP contribution in [0.2, 0.25) is 0 Å². The van der Waals surface area contributed by atoms with E-state index in [1.165, 1.54) is 12.1 Å². The maximum absolute atomic E-state index is 12.9. The lowest BCUT2D eigenvalue weighted by molar-refractivity contribution is -0.154. The fourth-order valence-electron chi connectivity index (χ4n) is 2.63. The average Bonchev–Trinajstić information content (AvgIpc) is 2.41. The van der Waals surface area contributed by atoms with E-state index in [9.17, 15) is 14.3 Å². The number of carboxylic acids is 1. The number of carboxylic acid groups (broad SMARTS) is 1. The normalized spacial score (nSPS) is 29.9. The van der Waals surface area contributed by atoms with Crippen LogP contribution >= 0.6 is 0 Å². The first-order valence-electron chi connectivity index (χ1n) is 6.80. The molecule has 1 aliphatic rings. The van der Waals surface area contributed by atoms with Crippen molar-refractivity contribution in [3.05, 3.63) is 30.1 Å². The highest BCUT2D eigenvalue weighted by Crippen LogP contribution is 2.37. The monoisotopic (exact) mass is 281 g/mol. The van der Waals surface area contributed by atoms with E-state index in [2.05, 4.69) is 5.32 Å². The first-order valence-corrected chi connectivity index (χ1v) is 6.80. The van der Waals surface area contributed by atoms with E-state index in [0.717, 1.165) is 6.42 Å². The molecule has 0 aromatic heterocycles. The van der Waals surface area contributed by atoms with Crippen molar-refractivity contribution in [2.75, 3.05) is 11.9 Å². The number of aliphatic carboxylic acids is 1. The van der Waals surface area contributed by atoms with Crippen molar-refractivity contribution in [3.8, 4) is 0 Å². The number of halogens is 1. The van der Waals surface area contributed by atoms with E-state index in [4.69, 9.17) is 4.74 Å². The molecule has 4 nitrogen and oxygen atoms in total. The molecule has 1 fully saturated rings. The fraction of sp³-hybridized carbons (Fsp3) is 0.533. The van der Waals surface area contributed by atoms with Gasteiger partial charge < -0.3 is 15.2 Å². The molecule has 20 heavy (non-hydrogen) atoms. The quantitative estimate of drug-likeness (QED) is 0.890. The molecule has 0 saturated carbocycles. The number of benzene rings is 1. The van der Waals surface area contributed by atoms with Crippen LogP contribution in [0.3, 0.4) is 0 Å². The Morgan fingerprint density at radius 3 is 2.65 bits per heavy atom. The number of hydrogen-bond acceptors (Lipinski definition) is 3. The second-order valence-electron chi connectivity index (χ2n) is 5.60. The van der Waals surface area contributed by atoms with Crippen molar-refractivity contribution in [1.82, 2.24) is 0 Å². The highest BCUT2D eigenvalue weighted by molar-refractivity contribution is 5.83. The zero-order valence-electron chi connectivity index (χ0n) is 11.8. The molecule has 1 heterocycles. The molecule has 1 aliphatic heterocycles. The molecular formula is C15H20FNO3. The Morgan fingerprint density at radius 2 is 2.10 bits per heavy atom. The van der Waals surface area contributed by atoms with Crippen LogP contribution in [0, 0.1) is 5.82 Å². The van der Waals surface area contributed by atoms with Gasteiger partial charge >= 0.3 is 5.97 Å². The first-order chi connectivity index (χ1) is 9.39. The molecular weight excluding hydrogens is 261 g/mol. The summed E-state index contributed by atoms with van der Waals surface area (Å²) in [6.07, 6.45) is 1.51. The fourth-order valence-corrected chi connectivity index (χ4v) is 2.63. The molecule has 0 amide bonds. The van der Waals surface area contributed by atoms with Gasteiger partial charge in [-0.3, -0.25) is 0 Å². The maximum Gasteiger partial charge on any atom is 0.329 e. The van der Waals surface area contributed by atoms with Gasteiger partial charge in [0.05, 0.1) is 12.2 Å². The smallest absolute Gasteiger partial charge is 0.329 e. The molecule has 2 unspecified atom stereocenters. The molecule has 2 rings (SSSR count). The lowest BCUT2D eigenvalue weighted by Crippen LogP contribution is -2.56. The van der Waals surface area contributed by atoms with Gasteiger partial charge in [0, 0.05) is 18.5 Å². The van der Waals surface area contributed by atoms with Gasteiger partial charge in [0.1, 0.15) is 11.4 Å². The Bertz CT molecular complexity index is 490. The first kappa shape index (κ1) is 14.8. The van der Waals surface area contributed by atoms with Crippen molar-refractivity contribution >= 4 is 11.7 Å². The minimum Gasteiger partial charge on any atom is -0.480 e. The van der Waals surface area contributed by atoms with E-state index in [1.54, 1.807) is 12.1 Å². The van der Waals surface area contributed by atoms with Gasteiger partial charge in [-0.15, -0.1) is 0 Å². The summed E-state index contributed by atoms with van der Waals surface area (Å²) in [4.78, 5) is 11.8. The Labute approximate surface area is 117 Å². The van der Waals surface area contributed by atoms with Gasteiger partial charge in [-0.1, -0.05) is 6.92 Å². The summed E-state index contributed by atoms with van der Waals surface area (Å²) < 4.78 is 18.6. The summed E-state index contributed by atoms with van der Waals surface area (Å²) in [5, 5.41) is 12.7. The van der Waals surface area contributed by atoms with Crippen molar-refractivity contribution in [2.45, 2.75) is 44.2 Å². The highest BCUT2D eigenvalue weighted by Gasteiger charge is 2.47. The van der Waals surface area contributed by atoms with E-state index in [1.807, 2.05) is 13.8 Å². The number of nitrogens with one attached hydrogen (secondary N) is 1. The summed E-state index contributed by atoms with van der Waals surface area (Å²) in [5.74, 6) is -1.24. The summed E-state index contributed by atoms with van der Waals surface area (Å²) in [7, 11) is 0. The molecule has 1 aromatic carbocycles. The molecule has 5 heteroatoms. The standard InChI is InChI=1S/C15H20FNO3/c1-3-14(2)10-15(13(18)19,8-9-20-14)17-12-6-4-11(16)5-7-12/h4-7,17H,3,8-10H2,1-2H3,(H,18,19). The maximum atomic E-state index is 12.9. The average molecular weight is 281 g/mol. The van der Waals surface area contributed by atoms with Crippen LogP contribution in [-0.4, -0.2) is 28.8 Å². The molecule has 0 radical (unpaired) electrons. The van der Waals surface area contributed by atoms with Crippen LogP contribution in [-0.2, 0) is 9.53 Å². The SMILES string of the molecule is CCC1(C)CC(Nc2ccc(F)cc2)(C(=O)O)CCO1. The zero-order valence-corrected chi connectivity index (χ0v) is 11.8. The molecule has 2 N–H and O–H groups in total. The Balaban J connectivity index is 2.26. The zero-order chi connectivity index (χ0) is 14.8. The second kappa shape index (κ2) is 5.40. The van der Waals surface area contributed by atoms with Crippen molar-refractivity contribution in [1.29, 1.82) is 0 Å². The van der Waals surface area contributed by atoms with E-state index in [-0.39, 0.29) is 5.82 Å². The van der Waals surface area contributed by atoms with E-state index < -0.39 is 17.1 Å². The Kier molecular flexibility index (Phi) is 3.99. The van der Waals surface area contributed by atoms with Crippen molar-refractivity contribution < 1.29 is 19.0 Å². The molecule has 2 atom stereocenters. The van der Waals surface area contributed by atoms with Gasteiger partial charge in [-0.05, 0) is 37.6 Å². The number of rotatable bonds is 4. The highest BCUT2D eigenvalue weighted by atomic mass is 19.1. The number of hydrogen-bond donors (Lipinski definition) is 2. The summed E-state index contributed by atoms with van der Waals surface area (Å²) in [6, 6.07) is 5.74. The third-order valence-corrected chi connectivity index (χ3v) is 4.04. The molecule has 110 valence electrons. The summed E-state index contributed by atoms with van der Waals surface area (Å²) in [6.45, 7) is 4.30. The summed E-state index contributed by atoms with van der Waals surface area (Å²) >= 11 is 0. The summed E-state index contributed by atoms with van der Waals surface area (Å²) in [5.41, 5.74) is -0.918. The molecule has 1 aromatic rings. The van der Waals surface area contributed by atoms with Gasteiger partial charge in [-0.2, -0.15) is 0 Å². The number of anilines is 1. The van der Waals surface area contributed by atoms with E-state index >= 15 is 0 Å². The van der Waals surface area contributed by atoms with E-state index in [0.29, 0.717) is 25.1 Å². The van der Waals surface area contributed by atoms with Crippen LogP contribution in [0.1, 0.15) is 33.1 Å². The largest absolute Gasteiger partial charge is 0.480 e. The topological polar surface area (TPSA) is 58.6 Å². The minimum absolute atomic E-state index is 0.342.